The van der Waals surface area contributed by atoms with Gasteiger partial charge in [0, 0.05) is 0 Å². The summed E-state index contributed by atoms with van der Waals surface area (Å²) < 4.78 is 9.51. The van der Waals surface area contributed by atoms with Gasteiger partial charge in [0.05, 0.1) is 13.7 Å². The van der Waals surface area contributed by atoms with Crippen molar-refractivity contribution in [1.82, 2.24) is 0 Å². The van der Waals surface area contributed by atoms with E-state index < -0.39 is 17.1 Å². The third-order valence-electron chi connectivity index (χ3n) is 2.05. The molecule has 0 aliphatic carbocycles. The van der Waals surface area contributed by atoms with Crippen LogP contribution in [0.15, 0.2) is 30.3 Å². The Morgan fingerprint density at radius 1 is 1.29 bits per heavy atom. The number of alkyl halides is 1. The second kappa shape index (κ2) is 7.04. The number of carbonyl (C=O) groups excluding carboxylic acids is 2. The first-order chi connectivity index (χ1) is 8.15. The Labute approximate surface area is 104 Å². The van der Waals surface area contributed by atoms with Crippen molar-refractivity contribution in [2.75, 3.05) is 13.7 Å². The van der Waals surface area contributed by atoms with Crippen molar-refractivity contribution in [1.29, 1.82) is 0 Å². The number of methoxy groups -OCH3 is 1. The molecule has 0 radical (unpaired) electrons. The number of benzene rings is 1. The number of rotatable bonds is 6. The quantitative estimate of drug-likeness (QED) is 0.440. The first-order valence-electron chi connectivity index (χ1n) is 5.01. The van der Waals surface area contributed by atoms with E-state index in [9.17, 15) is 9.59 Å². The van der Waals surface area contributed by atoms with Crippen LogP contribution in [-0.4, -0.2) is 30.8 Å². The monoisotopic (exact) mass is 256 g/mol. The molecule has 0 fully saturated rings. The van der Waals surface area contributed by atoms with Crippen LogP contribution in [0.3, 0.4) is 0 Å². The van der Waals surface area contributed by atoms with Gasteiger partial charge in [0.25, 0.3) is 0 Å². The lowest BCUT2D eigenvalue weighted by Gasteiger charge is -2.07. The summed E-state index contributed by atoms with van der Waals surface area (Å²) in [5.74, 6) is -1.27. The van der Waals surface area contributed by atoms with E-state index in [-0.39, 0.29) is 6.61 Å². The lowest BCUT2D eigenvalue weighted by molar-refractivity contribution is -0.143. The second-order valence-corrected chi connectivity index (χ2v) is 3.77. The fourth-order valence-corrected chi connectivity index (χ4v) is 1.30. The summed E-state index contributed by atoms with van der Waals surface area (Å²) >= 11 is 5.56. The summed E-state index contributed by atoms with van der Waals surface area (Å²) in [6.07, 6.45) is 0. The van der Waals surface area contributed by atoms with E-state index in [0.717, 1.165) is 5.56 Å². The third kappa shape index (κ3) is 4.54. The van der Waals surface area contributed by atoms with Gasteiger partial charge in [0.15, 0.2) is 11.2 Å². The molecule has 0 spiro atoms. The maximum Gasteiger partial charge on any atom is 0.331 e. The smallest absolute Gasteiger partial charge is 0.331 e. The Morgan fingerprint density at radius 3 is 2.53 bits per heavy atom. The summed E-state index contributed by atoms with van der Waals surface area (Å²) in [6, 6.07) is 9.39. The van der Waals surface area contributed by atoms with Gasteiger partial charge >= 0.3 is 5.97 Å². The van der Waals surface area contributed by atoms with E-state index >= 15 is 0 Å². The molecule has 0 saturated heterocycles. The molecule has 1 rings (SSSR count). The van der Waals surface area contributed by atoms with Crippen LogP contribution in [0.4, 0.5) is 0 Å². The zero-order chi connectivity index (χ0) is 12.7. The molecule has 0 aliphatic heterocycles. The number of hydrogen-bond donors (Lipinski definition) is 0. The van der Waals surface area contributed by atoms with Crippen LogP contribution < -0.4 is 0 Å². The lowest BCUT2D eigenvalue weighted by Crippen LogP contribution is -2.29. The molecule has 1 aromatic carbocycles. The predicted molar refractivity (Wildman–Crippen MR) is 62.8 cm³/mol. The molecule has 0 N–H and O–H groups in total. The Bertz CT molecular complexity index is 377. The highest BCUT2D eigenvalue weighted by atomic mass is 35.5. The minimum absolute atomic E-state index is 0.210. The van der Waals surface area contributed by atoms with E-state index in [1.54, 1.807) is 0 Å². The van der Waals surface area contributed by atoms with E-state index in [1.165, 1.54) is 7.11 Å². The Morgan fingerprint density at radius 2 is 1.94 bits per heavy atom. The number of ether oxygens (including phenoxy) is 2. The minimum Gasteiger partial charge on any atom is -0.468 e. The van der Waals surface area contributed by atoms with Gasteiger partial charge in [0.2, 0.25) is 0 Å². The summed E-state index contributed by atoms with van der Waals surface area (Å²) in [5.41, 5.74) is 0.949. The molecule has 0 saturated carbocycles. The molecule has 0 aromatic heterocycles. The van der Waals surface area contributed by atoms with E-state index in [4.69, 9.17) is 16.3 Å². The van der Waals surface area contributed by atoms with Crippen LogP contribution in [0.5, 0.6) is 0 Å². The molecular formula is C12H13ClO4. The van der Waals surface area contributed by atoms with Crippen molar-refractivity contribution in [3.8, 4) is 0 Å². The van der Waals surface area contributed by atoms with Crippen molar-refractivity contribution in [2.45, 2.75) is 12.0 Å². The molecule has 0 amide bonds. The fraction of sp³-hybridized carbons (Fsp3) is 0.333. The van der Waals surface area contributed by atoms with Gasteiger partial charge < -0.3 is 9.47 Å². The lowest BCUT2D eigenvalue weighted by atomic mass is 10.2. The van der Waals surface area contributed by atoms with Crippen molar-refractivity contribution in [2.24, 2.45) is 0 Å². The summed E-state index contributed by atoms with van der Waals surface area (Å²) in [7, 11) is 1.18. The summed E-state index contributed by atoms with van der Waals surface area (Å²) in [6.45, 7) is 0.0928. The van der Waals surface area contributed by atoms with Gasteiger partial charge in [-0.25, -0.2) is 4.79 Å². The van der Waals surface area contributed by atoms with E-state index in [2.05, 4.69) is 4.74 Å². The molecule has 17 heavy (non-hydrogen) atoms. The molecule has 1 aromatic rings. The van der Waals surface area contributed by atoms with E-state index in [1.807, 2.05) is 30.3 Å². The van der Waals surface area contributed by atoms with Gasteiger partial charge in [0.1, 0.15) is 6.61 Å². The molecular weight excluding hydrogens is 244 g/mol. The molecule has 5 heteroatoms. The molecule has 1 unspecified atom stereocenters. The van der Waals surface area contributed by atoms with Crippen LogP contribution in [-0.2, 0) is 25.7 Å². The van der Waals surface area contributed by atoms with Crippen LogP contribution in [0.1, 0.15) is 5.56 Å². The molecule has 0 bridgehead atoms. The van der Waals surface area contributed by atoms with Gasteiger partial charge in [-0.1, -0.05) is 30.3 Å². The molecule has 1 atom stereocenters. The topological polar surface area (TPSA) is 52.6 Å². The zero-order valence-electron chi connectivity index (χ0n) is 9.39. The number of ketones is 1. The maximum absolute atomic E-state index is 11.4. The largest absolute Gasteiger partial charge is 0.468 e. The first-order valence-corrected chi connectivity index (χ1v) is 5.45. The standard InChI is InChI=1S/C12H13ClO4/c1-16-12(15)11(13)10(14)8-17-7-9-5-3-2-4-6-9/h2-6,11H,7-8H2,1H3. The first kappa shape index (κ1) is 13.7. The Hall–Kier alpha value is -1.39. The average Bonchev–Trinajstić information content (AvgIpc) is 2.38. The molecule has 92 valence electrons. The molecule has 4 nitrogen and oxygen atoms in total. The normalized spacial score (nSPS) is 11.9. The van der Waals surface area contributed by atoms with Crippen molar-refractivity contribution in [3.63, 3.8) is 0 Å². The Balaban J connectivity index is 2.32. The third-order valence-corrected chi connectivity index (χ3v) is 2.47. The minimum atomic E-state index is -1.30. The highest BCUT2D eigenvalue weighted by Gasteiger charge is 2.24. The SMILES string of the molecule is COC(=O)C(Cl)C(=O)COCc1ccccc1. The predicted octanol–water partition coefficient (Wildman–Crippen LogP) is 1.55. The number of hydrogen-bond acceptors (Lipinski definition) is 4. The van der Waals surface area contributed by atoms with Gasteiger partial charge in [-0.2, -0.15) is 0 Å². The highest BCUT2D eigenvalue weighted by molar-refractivity contribution is 6.41. The summed E-state index contributed by atoms with van der Waals surface area (Å²) in [4.78, 5) is 22.3. The van der Waals surface area contributed by atoms with Crippen molar-refractivity contribution in [3.05, 3.63) is 35.9 Å². The zero-order valence-corrected chi connectivity index (χ0v) is 10.1. The van der Waals surface area contributed by atoms with Gasteiger partial charge in [-0.15, -0.1) is 11.6 Å². The molecule has 0 heterocycles. The van der Waals surface area contributed by atoms with Crippen LogP contribution in [0.2, 0.25) is 0 Å². The second-order valence-electron chi connectivity index (χ2n) is 3.33. The van der Waals surface area contributed by atoms with Crippen LogP contribution in [0, 0.1) is 0 Å². The van der Waals surface area contributed by atoms with E-state index in [0.29, 0.717) is 6.61 Å². The van der Waals surface area contributed by atoms with Gasteiger partial charge in [-0.3, -0.25) is 4.79 Å². The maximum atomic E-state index is 11.4. The number of carbonyl (C=O) groups is 2. The highest BCUT2D eigenvalue weighted by Crippen LogP contribution is 2.04. The number of Topliss-reactive ketones (excluding diaryl/α,β-unsaturated/α-hetero) is 1. The Kier molecular flexibility index (Phi) is 5.66. The summed E-state index contributed by atoms with van der Waals surface area (Å²) in [5, 5.41) is -1.30. The average molecular weight is 257 g/mol. The van der Waals surface area contributed by atoms with Crippen LogP contribution >= 0.6 is 11.6 Å². The van der Waals surface area contributed by atoms with Crippen LogP contribution in [0.25, 0.3) is 0 Å². The van der Waals surface area contributed by atoms with Crippen molar-refractivity contribution >= 4 is 23.4 Å². The van der Waals surface area contributed by atoms with Gasteiger partial charge in [-0.05, 0) is 5.56 Å². The molecule has 0 aliphatic rings. The number of halogens is 1. The number of esters is 1. The van der Waals surface area contributed by atoms with Crippen molar-refractivity contribution < 1.29 is 19.1 Å². The fourth-order valence-electron chi connectivity index (χ4n) is 1.15.